The molecular weight excluding hydrogens is 526 g/mol. The third kappa shape index (κ3) is 6.59. The van der Waals surface area contributed by atoms with E-state index in [2.05, 4.69) is 26.1 Å². The Morgan fingerprint density at radius 2 is 1.53 bits per heavy atom. The maximum Gasteiger partial charge on any atom is 0.387 e. The monoisotopic (exact) mass is 540 g/mol. The molecule has 0 aliphatic heterocycles. The fraction of sp³-hybridized carbons (Fsp3) is 0.273. The quantitative estimate of drug-likeness (QED) is 0.210. The van der Waals surface area contributed by atoms with E-state index >= 15 is 0 Å². The van der Waals surface area contributed by atoms with Crippen molar-refractivity contribution < 1.29 is 19.4 Å². The minimum atomic E-state index is -1.10. The van der Waals surface area contributed by atoms with Crippen LogP contribution in [0.1, 0.15) is 46.2 Å². The number of benzene rings is 2. The molecule has 2 aromatic rings. The van der Waals surface area contributed by atoms with Crippen molar-refractivity contribution in [3.05, 3.63) is 67.1 Å². The largest absolute Gasteiger partial charge is 0.387 e. The van der Waals surface area contributed by atoms with Crippen molar-refractivity contribution in [3.63, 3.8) is 0 Å². The highest BCUT2D eigenvalue weighted by Crippen LogP contribution is 2.38. The molecule has 0 fully saturated rings. The Balaban J connectivity index is 2.23. The van der Waals surface area contributed by atoms with E-state index in [0.29, 0.717) is 5.56 Å². The molecule has 0 aromatic heterocycles. The molecule has 0 aliphatic carbocycles. The lowest BCUT2D eigenvalue weighted by Gasteiger charge is -2.17. The fourth-order valence-corrected chi connectivity index (χ4v) is 3.48. The van der Waals surface area contributed by atoms with Crippen LogP contribution in [-0.4, -0.2) is 18.5 Å². The molecule has 3 atom stereocenters. The van der Waals surface area contributed by atoms with Crippen LogP contribution in [0.25, 0.3) is 0 Å². The molecule has 3 unspecified atom stereocenters. The van der Waals surface area contributed by atoms with E-state index in [4.69, 9.17) is 51.7 Å². The van der Waals surface area contributed by atoms with Gasteiger partial charge >= 0.3 is 11.9 Å². The van der Waals surface area contributed by atoms with Gasteiger partial charge in [0.1, 0.15) is 6.04 Å². The summed E-state index contributed by atoms with van der Waals surface area (Å²) in [4.78, 5) is 33.7. The van der Waals surface area contributed by atoms with Gasteiger partial charge in [-0.3, -0.25) is 0 Å². The Bertz CT molecular complexity index is 1210. The molecule has 0 radical (unpaired) electrons. The average molecular weight is 542 g/mol. The summed E-state index contributed by atoms with van der Waals surface area (Å²) in [5.41, 5.74) is 0.0398. The zero-order valence-corrected chi connectivity index (χ0v) is 20.8. The fourth-order valence-electron chi connectivity index (χ4n) is 2.58. The van der Waals surface area contributed by atoms with Crippen LogP contribution in [0.4, 0.5) is 0 Å². The first kappa shape index (κ1) is 27.4. The summed E-state index contributed by atoms with van der Waals surface area (Å²) in [5.74, 6) is -3.15. The van der Waals surface area contributed by atoms with Gasteiger partial charge in [0.05, 0.1) is 61.7 Å². The number of nitriles is 2. The molecule has 0 saturated carbocycles. The second kappa shape index (κ2) is 12.5. The van der Waals surface area contributed by atoms with Crippen LogP contribution in [0.15, 0.2) is 40.6 Å². The van der Waals surface area contributed by atoms with Crippen molar-refractivity contribution in [2.75, 3.05) is 6.54 Å². The van der Waals surface area contributed by atoms with Crippen LogP contribution in [-0.2, 0) is 9.78 Å². The predicted molar refractivity (Wildman–Crippen MR) is 126 cm³/mol. The summed E-state index contributed by atoms with van der Waals surface area (Å²) < 4.78 is 0. The van der Waals surface area contributed by atoms with Crippen molar-refractivity contribution in [2.45, 2.75) is 19.9 Å². The van der Waals surface area contributed by atoms with Crippen LogP contribution in [0, 0.1) is 34.5 Å². The predicted octanol–water partition coefficient (Wildman–Crippen LogP) is 7.04. The van der Waals surface area contributed by atoms with Gasteiger partial charge in [-0.25, -0.2) is 19.4 Å². The van der Waals surface area contributed by atoms with Crippen molar-refractivity contribution in [1.29, 1.82) is 10.5 Å². The van der Waals surface area contributed by atoms with Gasteiger partial charge in [0, 0.05) is 0 Å². The van der Waals surface area contributed by atoms with E-state index in [-0.39, 0.29) is 43.7 Å². The van der Waals surface area contributed by atoms with Gasteiger partial charge < -0.3 is 0 Å². The smallest absolute Gasteiger partial charge is 0.241 e. The lowest BCUT2D eigenvalue weighted by molar-refractivity contribution is -0.187. The lowest BCUT2D eigenvalue weighted by Crippen LogP contribution is -2.13. The summed E-state index contributed by atoms with van der Waals surface area (Å²) in [6, 6.07) is 10.3. The van der Waals surface area contributed by atoms with Crippen molar-refractivity contribution in [3.8, 4) is 12.1 Å². The molecule has 2 aromatic carbocycles. The van der Waals surface area contributed by atoms with E-state index in [1.807, 2.05) is 6.07 Å². The van der Waals surface area contributed by atoms with Gasteiger partial charge in [0.15, 0.2) is 0 Å². The maximum absolute atomic E-state index is 12.4. The van der Waals surface area contributed by atoms with Gasteiger partial charge in [0.25, 0.3) is 0 Å². The number of nitrogens with zero attached hydrogens (tertiary/aromatic N) is 4. The summed E-state index contributed by atoms with van der Waals surface area (Å²) in [6.07, 6.45) is 0. The van der Waals surface area contributed by atoms with E-state index in [9.17, 15) is 14.9 Å². The summed E-state index contributed by atoms with van der Waals surface area (Å²) in [6.45, 7) is 3.44. The first-order valence-electron chi connectivity index (χ1n) is 9.63. The highest BCUT2D eigenvalue weighted by Gasteiger charge is 2.27. The normalized spacial score (nSPS) is 13.4. The first-order valence-corrected chi connectivity index (χ1v) is 11.1. The molecule has 12 heteroatoms. The molecule has 8 nitrogen and oxygen atoms in total. The molecule has 0 heterocycles. The van der Waals surface area contributed by atoms with Gasteiger partial charge in [-0.05, 0) is 37.6 Å². The average Bonchev–Trinajstić information content (AvgIpc) is 2.83. The Hall–Kier alpha value is -2.88. The van der Waals surface area contributed by atoms with Gasteiger partial charge in [-0.15, -0.1) is 0 Å². The zero-order valence-electron chi connectivity index (χ0n) is 17.8. The molecule has 34 heavy (non-hydrogen) atoms. The molecule has 0 spiro atoms. The Labute approximate surface area is 215 Å². The minimum absolute atomic E-state index is 0.0558. The number of rotatable bonds is 7. The second-order valence-corrected chi connectivity index (χ2v) is 8.55. The minimum Gasteiger partial charge on any atom is -0.241 e. The molecule has 0 saturated heterocycles. The molecule has 176 valence electrons. The van der Waals surface area contributed by atoms with Gasteiger partial charge in [0.2, 0.25) is 0 Å². The number of hydrogen-bond donors (Lipinski definition) is 0. The maximum atomic E-state index is 12.4. The number of halogens is 4. The molecule has 0 N–H and O–H groups in total. The van der Waals surface area contributed by atoms with Crippen LogP contribution in [0.2, 0.25) is 20.1 Å². The number of carbonyl (C=O) groups excluding carboxylic acids is 2. The van der Waals surface area contributed by atoms with E-state index in [1.54, 1.807) is 13.8 Å². The Kier molecular flexibility index (Phi) is 10.1. The highest BCUT2D eigenvalue weighted by molar-refractivity contribution is 6.44. The van der Waals surface area contributed by atoms with Crippen molar-refractivity contribution in [2.24, 2.45) is 22.1 Å². The topological polar surface area (TPSA) is 125 Å². The van der Waals surface area contributed by atoms with E-state index < -0.39 is 23.9 Å². The third-order valence-corrected chi connectivity index (χ3v) is 6.19. The Morgan fingerprint density at radius 1 is 0.912 bits per heavy atom. The van der Waals surface area contributed by atoms with Crippen molar-refractivity contribution in [1.82, 2.24) is 0 Å². The third-order valence-electron chi connectivity index (χ3n) is 4.47. The summed E-state index contributed by atoms with van der Waals surface area (Å²) in [7, 11) is 0. The molecule has 0 bridgehead atoms. The van der Waals surface area contributed by atoms with Gasteiger partial charge in [-0.2, -0.15) is 20.8 Å². The first-order chi connectivity index (χ1) is 16.1. The van der Waals surface area contributed by atoms with Crippen LogP contribution < -0.4 is 0 Å². The SMILES string of the molecule is CC(C#N)CN=NC(c1ccc(C(=O)OOC(=O)c2cccc(Cl)c2Cl)c(Cl)c1Cl)C(C)C#N. The zero-order chi connectivity index (χ0) is 25.4. The van der Waals surface area contributed by atoms with E-state index in [0.717, 1.165) is 0 Å². The number of azo groups is 1. The lowest BCUT2D eigenvalue weighted by atomic mass is 9.95. The molecule has 0 aliphatic rings. The molecule has 2 rings (SSSR count). The molecule has 0 amide bonds. The van der Waals surface area contributed by atoms with Crippen LogP contribution >= 0.6 is 46.4 Å². The van der Waals surface area contributed by atoms with Crippen LogP contribution in [0.5, 0.6) is 0 Å². The summed E-state index contributed by atoms with van der Waals surface area (Å²) >= 11 is 24.4. The number of carbonyl (C=O) groups is 2. The summed E-state index contributed by atoms with van der Waals surface area (Å²) in [5, 5.41) is 26.2. The van der Waals surface area contributed by atoms with Crippen LogP contribution in [0.3, 0.4) is 0 Å². The van der Waals surface area contributed by atoms with Crippen molar-refractivity contribution >= 4 is 58.3 Å². The highest BCUT2D eigenvalue weighted by atomic mass is 35.5. The Morgan fingerprint density at radius 3 is 2.12 bits per heavy atom. The number of hydrogen-bond acceptors (Lipinski definition) is 8. The standard InChI is InChI=1S/C22H16Cl4N4O4/c1-11(8-27)10-29-30-20(12(2)9-28)13-6-7-15(19(26)18(13)25)22(32)34-33-21(31)14-4-3-5-16(23)17(14)24/h3-7,11-12,20H,10H2,1-2H3. The second-order valence-electron chi connectivity index (χ2n) is 7.01. The van der Waals surface area contributed by atoms with Gasteiger partial charge in [-0.1, -0.05) is 58.5 Å². The van der Waals surface area contributed by atoms with E-state index in [1.165, 1.54) is 30.3 Å². The molecular formula is C22H16Cl4N4O4.